The number of carbonyl (C=O) groups excluding carboxylic acids is 3. The molecule has 0 aliphatic heterocycles. The number of aromatic nitrogens is 2. The SMILES string of the molecule is CSCCC(NC(=O)C(CC(C)C)NC(=O)C(N)Cc1cnc[nH]1)C(=O)NC(C(=O)O)C(C)O. The van der Waals surface area contributed by atoms with Crippen LogP contribution in [0.2, 0.25) is 0 Å². The van der Waals surface area contributed by atoms with Crippen molar-refractivity contribution in [2.45, 2.75) is 70.3 Å². The van der Waals surface area contributed by atoms with Crippen molar-refractivity contribution in [1.29, 1.82) is 0 Å². The second-order valence-electron chi connectivity index (χ2n) is 8.49. The lowest BCUT2D eigenvalue weighted by Crippen LogP contribution is -2.58. The van der Waals surface area contributed by atoms with Crippen molar-refractivity contribution in [3.63, 3.8) is 0 Å². The molecule has 13 heteroatoms. The van der Waals surface area contributed by atoms with Gasteiger partial charge < -0.3 is 36.9 Å². The Morgan fingerprint density at radius 2 is 1.71 bits per heavy atom. The lowest BCUT2D eigenvalue weighted by atomic mass is 10.0. The monoisotopic (exact) mass is 500 g/mol. The quantitative estimate of drug-likeness (QED) is 0.158. The van der Waals surface area contributed by atoms with Gasteiger partial charge in [0.05, 0.1) is 18.5 Å². The molecule has 0 saturated heterocycles. The Labute approximate surface area is 203 Å². The minimum Gasteiger partial charge on any atom is -0.480 e. The zero-order valence-electron chi connectivity index (χ0n) is 19.9. The van der Waals surface area contributed by atoms with Crippen LogP contribution in [0.15, 0.2) is 12.5 Å². The van der Waals surface area contributed by atoms with E-state index in [4.69, 9.17) is 5.73 Å². The number of aromatic amines is 1. The number of amides is 3. The van der Waals surface area contributed by atoms with Gasteiger partial charge in [-0.15, -0.1) is 0 Å². The predicted molar refractivity (Wildman–Crippen MR) is 128 cm³/mol. The Morgan fingerprint density at radius 1 is 1.09 bits per heavy atom. The Balaban J connectivity index is 2.92. The van der Waals surface area contributed by atoms with Gasteiger partial charge in [-0.05, 0) is 37.7 Å². The van der Waals surface area contributed by atoms with E-state index in [-0.39, 0.29) is 18.8 Å². The van der Waals surface area contributed by atoms with Gasteiger partial charge in [0.15, 0.2) is 6.04 Å². The second-order valence-corrected chi connectivity index (χ2v) is 9.47. The van der Waals surface area contributed by atoms with E-state index >= 15 is 0 Å². The zero-order chi connectivity index (χ0) is 25.8. The lowest BCUT2D eigenvalue weighted by Gasteiger charge is -2.26. The van der Waals surface area contributed by atoms with Crippen molar-refractivity contribution in [3.8, 4) is 0 Å². The number of H-pyrrole nitrogens is 1. The summed E-state index contributed by atoms with van der Waals surface area (Å²) >= 11 is 1.45. The molecule has 192 valence electrons. The fraction of sp³-hybridized carbons (Fsp3) is 0.667. The van der Waals surface area contributed by atoms with E-state index in [2.05, 4.69) is 25.9 Å². The third-order valence-electron chi connectivity index (χ3n) is 4.96. The number of aliphatic hydroxyl groups excluding tert-OH is 1. The Bertz CT molecular complexity index is 804. The summed E-state index contributed by atoms with van der Waals surface area (Å²) in [6, 6.07) is -4.43. The first-order valence-electron chi connectivity index (χ1n) is 11.0. The molecule has 5 unspecified atom stereocenters. The summed E-state index contributed by atoms with van der Waals surface area (Å²) in [6.07, 6.45) is 4.26. The van der Waals surface area contributed by atoms with E-state index in [0.29, 0.717) is 17.9 Å². The number of thioether (sulfide) groups is 1. The summed E-state index contributed by atoms with van der Waals surface area (Å²) in [5, 5.41) is 26.4. The zero-order valence-corrected chi connectivity index (χ0v) is 20.7. The molecular weight excluding hydrogens is 464 g/mol. The topological polar surface area (TPSA) is 200 Å². The number of nitrogens with one attached hydrogen (secondary N) is 4. The number of aliphatic hydroxyl groups is 1. The van der Waals surface area contributed by atoms with Crippen molar-refractivity contribution in [2.24, 2.45) is 11.7 Å². The average molecular weight is 501 g/mol. The summed E-state index contributed by atoms with van der Waals surface area (Å²) in [5.41, 5.74) is 6.65. The van der Waals surface area contributed by atoms with Crippen LogP contribution in [0.3, 0.4) is 0 Å². The maximum Gasteiger partial charge on any atom is 0.328 e. The highest BCUT2D eigenvalue weighted by atomic mass is 32.2. The lowest BCUT2D eigenvalue weighted by molar-refractivity contribution is -0.145. The molecule has 1 aromatic heterocycles. The molecule has 34 heavy (non-hydrogen) atoms. The number of carbonyl (C=O) groups is 4. The van der Waals surface area contributed by atoms with Crippen LogP contribution >= 0.6 is 11.8 Å². The molecule has 0 bridgehead atoms. The van der Waals surface area contributed by atoms with Gasteiger partial charge in [-0.25, -0.2) is 9.78 Å². The minimum atomic E-state index is -1.52. The Kier molecular flexibility index (Phi) is 12.6. The predicted octanol–water partition coefficient (Wildman–Crippen LogP) is -1.00. The van der Waals surface area contributed by atoms with E-state index in [1.54, 1.807) is 6.20 Å². The molecule has 5 atom stereocenters. The smallest absolute Gasteiger partial charge is 0.328 e. The van der Waals surface area contributed by atoms with Crippen LogP contribution in [0, 0.1) is 5.92 Å². The van der Waals surface area contributed by atoms with Gasteiger partial charge in [-0.1, -0.05) is 13.8 Å². The van der Waals surface area contributed by atoms with Crippen LogP contribution in [0.5, 0.6) is 0 Å². The molecule has 0 aliphatic rings. The normalized spacial score (nSPS) is 15.6. The van der Waals surface area contributed by atoms with Crippen LogP contribution in [-0.4, -0.2) is 86.2 Å². The molecule has 0 aliphatic carbocycles. The van der Waals surface area contributed by atoms with Gasteiger partial charge >= 0.3 is 5.97 Å². The molecule has 0 fully saturated rings. The molecule has 0 aromatic carbocycles. The van der Waals surface area contributed by atoms with Crippen molar-refractivity contribution in [2.75, 3.05) is 12.0 Å². The number of rotatable bonds is 15. The maximum absolute atomic E-state index is 13.1. The van der Waals surface area contributed by atoms with Crippen LogP contribution in [0.25, 0.3) is 0 Å². The number of hydrogen-bond donors (Lipinski definition) is 7. The molecule has 0 radical (unpaired) electrons. The number of nitrogens with two attached hydrogens (primary N) is 1. The Hall–Kier alpha value is -2.64. The number of imidazole rings is 1. The van der Waals surface area contributed by atoms with Crippen LogP contribution < -0.4 is 21.7 Å². The maximum atomic E-state index is 13.1. The molecule has 1 heterocycles. The summed E-state index contributed by atoms with van der Waals surface area (Å²) in [5.74, 6) is -2.68. The number of aliphatic carboxylic acids is 1. The standard InChI is InChI=1S/C21H36N6O6S/c1-11(2)7-16(26-18(29)14(22)8-13-9-23-10-24-13)20(31)25-15(5-6-34-4)19(30)27-17(12(3)28)21(32)33/h9-12,14-17,28H,5-8,22H2,1-4H3,(H,23,24)(H,25,31)(H,26,29)(H,27,30)(H,32,33). The highest BCUT2D eigenvalue weighted by Crippen LogP contribution is 2.09. The largest absolute Gasteiger partial charge is 0.480 e. The van der Waals surface area contributed by atoms with Gasteiger partial charge in [0.2, 0.25) is 17.7 Å². The van der Waals surface area contributed by atoms with Gasteiger partial charge in [-0.3, -0.25) is 14.4 Å². The molecule has 3 amide bonds. The van der Waals surface area contributed by atoms with E-state index in [9.17, 15) is 29.4 Å². The van der Waals surface area contributed by atoms with Crippen molar-refractivity contribution < 1.29 is 29.4 Å². The number of hydrogen-bond acceptors (Lipinski definition) is 8. The second kappa shape index (κ2) is 14.6. The molecular formula is C21H36N6O6S. The highest BCUT2D eigenvalue weighted by molar-refractivity contribution is 7.98. The molecule has 8 N–H and O–H groups in total. The van der Waals surface area contributed by atoms with E-state index in [0.717, 1.165) is 0 Å². The van der Waals surface area contributed by atoms with Gasteiger partial charge in [-0.2, -0.15) is 11.8 Å². The fourth-order valence-electron chi connectivity index (χ4n) is 3.13. The van der Waals surface area contributed by atoms with Crippen LogP contribution in [0.4, 0.5) is 0 Å². The summed E-state index contributed by atoms with van der Waals surface area (Å²) < 4.78 is 0. The van der Waals surface area contributed by atoms with Gasteiger partial charge in [0, 0.05) is 18.3 Å². The first kappa shape index (κ1) is 29.4. The number of carboxylic acid groups (broad SMARTS) is 1. The van der Waals surface area contributed by atoms with Gasteiger partial charge in [0.25, 0.3) is 0 Å². The van der Waals surface area contributed by atoms with E-state index in [1.165, 1.54) is 25.0 Å². The number of carboxylic acids is 1. The average Bonchev–Trinajstić information content (AvgIpc) is 3.26. The molecule has 0 saturated carbocycles. The number of nitrogens with zero attached hydrogens (tertiary/aromatic N) is 1. The summed E-state index contributed by atoms with van der Waals surface area (Å²) in [7, 11) is 0. The van der Waals surface area contributed by atoms with Crippen molar-refractivity contribution in [1.82, 2.24) is 25.9 Å². The van der Waals surface area contributed by atoms with Gasteiger partial charge in [0.1, 0.15) is 12.1 Å². The summed E-state index contributed by atoms with van der Waals surface area (Å²) in [6.45, 7) is 5.01. The van der Waals surface area contributed by atoms with E-state index < -0.39 is 54.0 Å². The molecule has 12 nitrogen and oxygen atoms in total. The molecule has 1 rings (SSSR count). The summed E-state index contributed by atoms with van der Waals surface area (Å²) in [4.78, 5) is 56.5. The molecule has 1 aromatic rings. The van der Waals surface area contributed by atoms with E-state index in [1.807, 2.05) is 20.1 Å². The minimum absolute atomic E-state index is 0.0463. The first-order valence-corrected chi connectivity index (χ1v) is 12.4. The van der Waals surface area contributed by atoms with Crippen LogP contribution in [0.1, 0.15) is 39.3 Å². The third kappa shape index (κ3) is 10.1. The van der Waals surface area contributed by atoms with Crippen molar-refractivity contribution in [3.05, 3.63) is 18.2 Å². The Morgan fingerprint density at radius 3 is 2.21 bits per heavy atom. The first-order chi connectivity index (χ1) is 16.0. The third-order valence-corrected chi connectivity index (χ3v) is 5.61. The highest BCUT2D eigenvalue weighted by Gasteiger charge is 2.32. The van der Waals surface area contributed by atoms with Crippen molar-refractivity contribution >= 4 is 35.5 Å². The molecule has 0 spiro atoms. The fourth-order valence-corrected chi connectivity index (χ4v) is 3.60. The van der Waals surface area contributed by atoms with Crippen LogP contribution in [-0.2, 0) is 25.6 Å².